The minimum absolute atomic E-state index is 0.238. The second-order valence-corrected chi connectivity index (χ2v) is 6.92. The van der Waals surface area contributed by atoms with Crippen molar-refractivity contribution in [2.24, 2.45) is 11.7 Å². The summed E-state index contributed by atoms with van der Waals surface area (Å²) in [6.07, 6.45) is 0. The molecule has 7 heteroatoms. The van der Waals surface area contributed by atoms with Crippen LogP contribution in [0.1, 0.15) is 16.7 Å². The molecule has 0 unspecified atom stereocenters. The van der Waals surface area contributed by atoms with Crippen molar-refractivity contribution in [3.8, 4) is 22.6 Å². The molecule has 0 aliphatic carbocycles. The van der Waals surface area contributed by atoms with E-state index in [-0.39, 0.29) is 6.61 Å². The number of nitrogens with zero attached hydrogens (tertiary/aromatic N) is 1. The summed E-state index contributed by atoms with van der Waals surface area (Å²) in [5.41, 5.74) is 7.34. The van der Waals surface area contributed by atoms with Crippen LogP contribution >= 0.6 is 0 Å². The summed E-state index contributed by atoms with van der Waals surface area (Å²) in [6, 6.07) is 18.7. The summed E-state index contributed by atoms with van der Waals surface area (Å²) < 4.78 is 11.6. The van der Waals surface area contributed by atoms with Crippen LogP contribution in [0.5, 0.6) is 11.5 Å². The standard InChI is InChI=1S/C23H26N4O3/c1-15-11-17(19-8-4-5-10-22(19)29-3)13-18(12-15)30-14-20-16(2)7-6-9-21(20)27(25)23(28)26-24/h4-13H,14,24-25H2,1-3H3,(H,26,28). The molecule has 5 N–H and O–H groups in total. The number of para-hydroxylation sites is 1. The first-order valence-corrected chi connectivity index (χ1v) is 9.46. The summed E-state index contributed by atoms with van der Waals surface area (Å²) >= 11 is 0. The molecule has 0 aliphatic rings. The fraction of sp³-hybridized carbons (Fsp3) is 0.174. The number of benzene rings is 3. The zero-order valence-electron chi connectivity index (χ0n) is 17.3. The molecule has 0 fully saturated rings. The fourth-order valence-corrected chi connectivity index (χ4v) is 3.30. The molecule has 0 spiro atoms. The van der Waals surface area contributed by atoms with Gasteiger partial charge in [-0.05, 0) is 54.8 Å². The average Bonchev–Trinajstić information content (AvgIpc) is 2.76. The number of hydrogen-bond acceptors (Lipinski definition) is 5. The molecule has 30 heavy (non-hydrogen) atoms. The van der Waals surface area contributed by atoms with Gasteiger partial charge < -0.3 is 9.47 Å². The Morgan fingerprint density at radius 2 is 1.83 bits per heavy atom. The summed E-state index contributed by atoms with van der Waals surface area (Å²) in [7, 11) is 1.65. The normalized spacial score (nSPS) is 10.4. The number of aryl methyl sites for hydroxylation is 2. The molecule has 0 radical (unpaired) electrons. The van der Waals surface area contributed by atoms with Gasteiger partial charge in [-0.2, -0.15) is 0 Å². The lowest BCUT2D eigenvalue weighted by Crippen LogP contribution is -2.48. The van der Waals surface area contributed by atoms with E-state index in [1.807, 2.05) is 67.8 Å². The molecule has 156 valence electrons. The molecule has 0 saturated carbocycles. The van der Waals surface area contributed by atoms with Gasteiger partial charge in [-0.15, -0.1) is 0 Å². The lowest BCUT2D eigenvalue weighted by Gasteiger charge is -2.21. The number of ether oxygens (including phenoxy) is 2. The Morgan fingerprint density at radius 3 is 2.57 bits per heavy atom. The summed E-state index contributed by atoms with van der Waals surface area (Å²) in [6.45, 7) is 4.19. The van der Waals surface area contributed by atoms with E-state index in [0.29, 0.717) is 11.4 Å². The van der Waals surface area contributed by atoms with E-state index < -0.39 is 6.03 Å². The van der Waals surface area contributed by atoms with Crippen LogP contribution in [0, 0.1) is 13.8 Å². The van der Waals surface area contributed by atoms with E-state index in [2.05, 4.69) is 6.07 Å². The van der Waals surface area contributed by atoms with E-state index >= 15 is 0 Å². The Balaban J connectivity index is 1.91. The van der Waals surface area contributed by atoms with Crippen molar-refractivity contribution in [2.75, 3.05) is 12.1 Å². The zero-order chi connectivity index (χ0) is 21.7. The van der Waals surface area contributed by atoms with E-state index in [9.17, 15) is 4.79 Å². The number of carbonyl (C=O) groups excluding carboxylic acids is 1. The molecule has 3 rings (SSSR count). The monoisotopic (exact) mass is 406 g/mol. The van der Waals surface area contributed by atoms with Crippen LogP contribution in [-0.2, 0) is 6.61 Å². The first-order valence-electron chi connectivity index (χ1n) is 9.46. The van der Waals surface area contributed by atoms with Crippen molar-refractivity contribution in [1.82, 2.24) is 5.43 Å². The smallest absolute Gasteiger partial charge is 0.350 e. The van der Waals surface area contributed by atoms with Gasteiger partial charge in [0.05, 0.1) is 12.8 Å². The number of nitrogens with one attached hydrogen (secondary N) is 1. The second kappa shape index (κ2) is 9.30. The highest BCUT2D eigenvalue weighted by atomic mass is 16.5. The summed E-state index contributed by atoms with van der Waals surface area (Å²) in [5.74, 6) is 12.6. The topological polar surface area (TPSA) is 103 Å². The maximum absolute atomic E-state index is 11.9. The number of nitrogens with two attached hydrogens (primary N) is 2. The minimum Gasteiger partial charge on any atom is -0.496 e. The highest BCUT2D eigenvalue weighted by molar-refractivity contribution is 5.91. The van der Waals surface area contributed by atoms with Gasteiger partial charge in [0, 0.05) is 11.1 Å². The Bertz CT molecular complexity index is 1050. The fourth-order valence-electron chi connectivity index (χ4n) is 3.30. The van der Waals surface area contributed by atoms with Crippen molar-refractivity contribution >= 4 is 11.7 Å². The Morgan fingerprint density at radius 1 is 1.07 bits per heavy atom. The van der Waals surface area contributed by atoms with Crippen LogP contribution < -0.4 is 31.6 Å². The van der Waals surface area contributed by atoms with Gasteiger partial charge in [-0.25, -0.2) is 21.5 Å². The second-order valence-electron chi connectivity index (χ2n) is 6.92. The van der Waals surface area contributed by atoms with Crippen molar-refractivity contribution in [2.45, 2.75) is 20.5 Å². The maximum atomic E-state index is 11.9. The molecule has 0 saturated heterocycles. The first kappa shape index (κ1) is 21.2. The van der Waals surface area contributed by atoms with Crippen LogP contribution in [0.15, 0.2) is 60.7 Å². The molecule has 0 heterocycles. The Labute approximate surface area is 176 Å². The van der Waals surface area contributed by atoms with Gasteiger partial charge in [0.25, 0.3) is 0 Å². The number of hydrazine groups is 2. The zero-order valence-corrected chi connectivity index (χ0v) is 17.3. The van der Waals surface area contributed by atoms with Crippen molar-refractivity contribution in [3.05, 3.63) is 77.4 Å². The maximum Gasteiger partial charge on any atom is 0.350 e. The van der Waals surface area contributed by atoms with E-state index in [4.69, 9.17) is 21.2 Å². The number of anilines is 1. The van der Waals surface area contributed by atoms with Gasteiger partial charge in [-0.1, -0.05) is 36.4 Å². The molecule has 0 aromatic heterocycles. The van der Waals surface area contributed by atoms with E-state index in [1.54, 1.807) is 13.2 Å². The van der Waals surface area contributed by atoms with Gasteiger partial charge >= 0.3 is 6.03 Å². The highest BCUT2D eigenvalue weighted by Gasteiger charge is 2.16. The largest absolute Gasteiger partial charge is 0.496 e. The summed E-state index contributed by atoms with van der Waals surface area (Å²) in [4.78, 5) is 11.9. The number of hydrogen-bond donors (Lipinski definition) is 3. The highest BCUT2D eigenvalue weighted by Crippen LogP contribution is 2.33. The van der Waals surface area contributed by atoms with Crippen LogP contribution in [0.2, 0.25) is 0 Å². The van der Waals surface area contributed by atoms with Crippen molar-refractivity contribution < 1.29 is 14.3 Å². The van der Waals surface area contributed by atoms with E-state index in [1.165, 1.54) is 0 Å². The van der Waals surface area contributed by atoms with Crippen LogP contribution in [0.4, 0.5) is 10.5 Å². The van der Waals surface area contributed by atoms with Gasteiger partial charge in [0.1, 0.15) is 18.1 Å². The van der Waals surface area contributed by atoms with Gasteiger partial charge in [0.2, 0.25) is 0 Å². The predicted molar refractivity (Wildman–Crippen MR) is 118 cm³/mol. The number of rotatable bonds is 6. The van der Waals surface area contributed by atoms with Crippen LogP contribution in [0.3, 0.4) is 0 Å². The summed E-state index contributed by atoms with van der Waals surface area (Å²) in [5, 5.41) is 0.974. The van der Waals surface area contributed by atoms with Crippen molar-refractivity contribution in [3.63, 3.8) is 0 Å². The lowest BCUT2D eigenvalue weighted by molar-refractivity contribution is 0.246. The molecule has 0 atom stereocenters. The third kappa shape index (κ3) is 4.53. The SMILES string of the molecule is COc1ccccc1-c1cc(C)cc(OCc2c(C)cccc2N(N)C(=O)NN)c1. The molecule has 3 aromatic carbocycles. The number of urea groups is 1. The third-order valence-electron chi connectivity index (χ3n) is 4.84. The number of amides is 2. The number of methoxy groups -OCH3 is 1. The predicted octanol–water partition coefficient (Wildman–Crippen LogP) is 3.82. The van der Waals surface area contributed by atoms with Crippen LogP contribution in [-0.4, -0.2) is 13.1 Å². The average molecular weight is 406 g/mol. The lowest BCUT2D eigenvalue weighted by atomic mass is 10.0. The molecule has 0 bridgehead atoms. The third-order valence-corrected chi connectivity index (χ3v) is 4.84. The molecular weight excluding hydrogens is 380 g/mol. The Hall–Kier alpha value is -3.55. The van der Waals surface area contributed by atoms with Crippen LogP contribution in [0.25, 0.3) is 11.1 Å². The molecule has 3 aromatic rings. The van der Waals surface area contributed by atoms with Crippen molar-refractivity contribution in [1.29, 1.82) is 0 Å². The number of carbonyl (C=O) groups is 1. The van der Waals surface area contributed by atoms with Gasteiger partial charge in [0.15, 0.2) is 0 Å². The van der Waals surface area contributed by atoms with E-state index in [0.717, 1.165) is 38.6 Å². The Kier molecular flexibility index (Phi) is 6.56. The van der Waals surface area contributed by atoms with Gasteiger partial charge in [-0.3, -0.25) is 5.43 Å². The quantitative estimate of drug-likeness (QED) is 0.328. The first-order chi connectivity index (χ1) is 14.4. The minimum atomic E-state index is -0.615. The molecule has 7 nitrogen and oxygen atoms in total. The molecule has 2 amide bonds. The molecule has 0 aliphatic heterocycles. The molecular formula is C23H26N4O3.